The molecule has 0 saturated carbocycles. The van der Waals surface area contributed by atoms with Crippen molar-refractivity contribution in [3.05, 3.63) is 29.3 Å². The van der Waals surface area contributed by atoms with Gasteiger partial charge in [0.15, 0.2) is 0 Å². The fourth-order valence-corrected chi connectivity index (χ4v) is 1.39. The third-order valence-electron chi connectivity index (χ3n) is 2.11. The molecule has 78 valence electrons. The van der Waals surface area contributed by atoms with Crippen LogP contribution in [0.25, 0.3) is 5.95 Å². The summed E-state index contributed by atoms with van der Waals surface area (Å²) in [5, 5.41) is 4.23. The number of nitrogens with two attached hydrogens (primary N) is 1. The highest BCUT2D eigenvalue weighted by Gasteiger charge is 2.06. The minimum absolute atomic E-state index is 0.562. The van der Waals surface area contributed by atoms with E-state index in [1.807, 2.05) is 26.8 Å². The number of nitrogen functional groups attached to an aromatic ring is 1. The van der Waals surface area contributed by atoms with Crippen LogP contribution in [0.2, 0.25) is 0 Å². The quantitative estimate of drug-likeness (QED) is 0.755. The predicted octanol–water partition coefficient (Wildman–Crippen LogP) is 1.17. The zero-order valence-electron chi connectivity index (χ0n) is 9.02. The number of anilines is 1. The van der Waals surface area contributed by atoms with Crippen molar-refractivity contribution in [2.75, 3.05) is 5.73 Å². The Kier molecular flexibility index (Phi) is 2.15. The number of hydrogen-bond acceptors (Lipinski definition) is 4. The summed E-state index contributed by atoms with van der Waals surface area (Å²) in [7, 11) is 0. The van der Waals surface area contributed by atoms with Gasteiger partial charge in [0.05, 0.1) is 17.6 Å². The van der Waals surface area contributed by atoms with E-state index >= 15 is 0 Å². The highest BCUT2D eigenvalue weighted by atomic mass is 15.3. The Morgan fingerprint density at radius 3 is 2.20 bits per heavy atom. The van der Waals surface area contributed by atoms with Gasteiger partial charge in [-0.1, -0.05) is 0 Å². The second-order valence-electron chi connectivity index (χ2n) is 3.57. The molecule has 0 aliphatic rings. The maximum absolute atomic E-state index is 5.72. The molecule has 2 aromatic heterocycles. The molecular weight excluding hydrogens is 190 g/mol. The number of hydrogen-bond donors (Lipinski definition) is 1. The monoisotopic (exact) mass is 203 g/mol. The zero-order chi connectivity index (χ0) is 11.0. The van der Waals surface area contributed by atoms with Gasteiger partial charge in [0.1, 0.15) is 0 Å². The topological polar surface area (TPSA) is 69.6 Å². The molecule has 0 aromatic carbocycles. The van der Waals surface area contributed by atoms with Gasteiger partial charge in [-0.3, -0.25) is 0 Å². The van der Waals surface area contributed by atoms with E-state index in [1.165, 1.54) is 0 Å². The van der Waals surface area contributed by atoms with E-state index in [9.17, 15) is 0 Å². The van der Waals surface area contributed by atoms with E-state index in [4.69, 9.17) is 5.73 Å². The highest BCUT2D eigenvalue weighted by molar-refractivity contribution is 5.41. The molecule has 5 heteroatoms. The Morgan fingerprint density at radius 1 is 1.13 bits per heavy atom. The van der Waals surface area contributed by atoms with E-state index in [-0.39, 0.29) is 0 Å². The van der Waals surface area contributed by atoms with Crippen molar-refractivity contribution < 1.29 is 0 Å². The average Bonchev–Trinajstić information content (AvgIpc) is 2.45. The van der Waals surface area contributed by atoms with Gasteiger partial charge in [0.2, 0.25) is 0 Å². The van der Waals surface area contributed by atoms with Gasteiger partial charge in [-0.05, 0) is 26.8 Å². The van der Waals surface area contributed by atoms with Gasteiger partial charge >= 0.3 is 0 Å². The lowest BCUT2D eigenvalue weighted by Crippen LogP contribution is -2.04. The van der Waals surface area contributed by atoms with Gasteiger partial charge in [-0.25, -0.2) is 14.6 Å². The summed E-state index contributed by atoms with van der Waals surface area (Å²) in [6.45, 7) is 5.71. The molecule has 0 amide bonds. The third kappa shape index (κ3) is 1.81. The second-order valence-corrected chi connectivity index (χ2v) is 3.57. The molecule has 0 unspecified atom stereocenters. The highest BCUT2D eigenvalue weighted by Crippen LogP contribution is 2.10. The molecule has 0 aliphatic carbocycles. The van der Waals surface area contributed by atoms with E-state index in [0.717, 1.165) is 17.1 Å². The van der Waals surface area contributed by atoms with Gasteiger partial charge in [0.25, 0.3) is 5.95 Å². The van der Waals surface area contributed by atoms with Crippen molar-refractivity contribution >= 4 is 5.69 Å². The Balaban J connectivity index is 2.53. The SMILES string of the molecule is Cc1cc(C)nc(-n2cc(N)c(C)n2)n1. The van der Waals surface area contributed by atoms with Crippen LogP contribution in [-0.4, -0.2) is 19.7 Å². The Morgan fingerprint density at radius 2 is 1.73 bits per heavy atom. The first-order valence-corrected chi connectivity index (χ1v) is 4.70. The molecule has 2 N–H and O–H groups in total. The fraction of sp³-hybridized carbons (Fsp3) is 0.300. The maximum Gasteiger partial charge on any atom is 0.251 e. The molecule has 0 saturated heterocycles. The molecule has 0 fully saturated rings. The minimum atomic E-state index is 0.562. The number of nitrogens with zero attached hydrogens (tertiary/aromatic N) is 4. The lowest BCUT2D eigenvalue weighted by atomic mass is 10.4. The smallest absolute Gasteiger partial charge is 0.251 e. The number of aromatic nitrogens is 4. The molecule has 0 radical (unpaired) electrons. The van der Waals surface area contributed by atoms with E-state index in [1.54, 1.807) is 10.9 Å². The Labute approximate surface area is 88.0 Å². The van der Waals surface area contributed by atoms with Gasteiger partial charge in [-0.2, -0.15) is 5.10 Å². The molecule has 5 nitrogen and oxygen atoms in total. The fourth-order valence-electron chi connectivity index (χ4n) is 1.39. The number of aryl methyl sites for hydroxylation is 3. The molecular formula is C10H13N5. The molecule has 2 aromatic rings. The Hall–Kier alpha value is -1.91. The summed E-state index contributed by atoms with van der Waals surface area (Å²) < 4.78 is 1.60. The van der Waals surface area contributed by atoms with Crippen molar-refractivity contribution in [2.24, 2.45) is 0 Å². The maximum atomic E-state index is 5.72. The molecule has 0 bridgehead atoms. The first-order chi connectivity index (χ1) is 7.06. The largest absolute Gasteiger partial charge is 0.396 e. The van der Waals surface area contributed by atoms with Crippen molar-refractivity contribution in [3.63, 3.8) is 0 Å². The van der Waals surface area contributed by atoms with Crippen LogP contribution in [-0.2, 0) is 0 Å². The summed E-state index contributed by atoms with van der Waals surface area (Å²) in [5.74, 6) is 0.562. The van der Waals surface area contributed by atoms with E-state index in [2.05, 4.69) is 15.1 Å². The predicted molar refractivity (Wildman–Crippen MR) is 57.8 cm³/mol. The summed E-state index contributed by atoms with van der Waals surface area (Å²) >= 11 is 0. The van der Waals surface area contributed by atoms with E-state index in [0.29, 0.717) is 11.6 Å². The summed E-state index contributed by atoms with van der Waals surface area (Å²) in [4.78, 5) is 8.59. The lowest BCUT2D eigenvalue weighted by Gasteiger charge is -2.01. The molecule has 0 atom stereocenters. The Bertz CT molecular complexity index is 461. The van der Waals surface area contributed by atoms with Crippen molar-refractivity contribution in [1.29, 1.82) is 0 Å². The first kappa shape index (κ1) is 9.64. The summed E-state index contributed by atoms with van der Waals surface area (Å²) in [5.41, 5.74) is 9.00. The van der Waals surface area contributed by atoms with Gasteiger partial charge < -0.3 is 5.73 Å². The summed E-state index contributed by atoms with van der Waals surface area (Å²) in [6.07, 6.45) is 1.73. The van der Waals surface area contributed by atoms with Crippen LogP contribution in [0.1, 0.15) is 17.1 Å². The molecule has 2 rings (SSSR count). The van der Waals surface area contributed by atoms with Crippen molar-refractivity contribution in [3.8, 4) is 5.95 Å². The van der Waals surface area contributed by atoms with Gasteiger partial charge in [-0.15, -0.1) is 0 Å². The van der Waals surface area contributed by atoms with Crippen molar-refractivity contribution in [1.82, 2.24) is 19.7 Å². The van der Waals surface area contributed by atoms with Crippen LogP contribution >= 0.6 is 0 Å². The van der Waals surface area contributed by atoms with Gasteiger partial charge in [0, 0.05) is 11.4 Å². The third-order valence-corrected chi connectivity index (χ3v) is 2.11. The standard InChI is InChI=1S/C10H13N5/c1-6-4-7(2)13-10(12-6)15-5-9(11)8(3)14-15/h4-5H,11H2,1-3H3. The summed E-state index contributed by atoms with van der Waals surface area (Å²) in [6, 6.07) is 1.92. The molecule has 2 heterocycles. The molecule has 0 aliphatic heterocycles. The van der Waals surface area contributed by atoms with E-state index < -0.39 is 0 Å². The van der Waals surface area contributed by atoms with Crippen LogP contribution < -0.4 is 5.73 Å². The average molecular weight is 203 g/mol. The van der Waals surface area contributed by atoms with Crippen LogP contribution in [0, 0.1) is 20.8 Å². The molecule has 0 spiro atoms. The van der Waals surface area contributed by atoms with Crippen LogP contribution in [0.15, 0.2) is 12.3 Å². The lowest BCUT2D eigenvalue weighted by molar-refractivity contribution is 0.784. The first-order valence-electron chi connectivity index (χ1n) is 4.70. The molecule has 15 heavy (non-hydrogen) atoms. The number of rotatable bonds is 1. The van der Waals surface area contributed by atoms with Crippen LogP contribution in [0.3, 0.4) is 0 Å². The minimum Gasteiger partial charge on any atom is -0.396 e. The van der Waals surface area contributed by atoms with Crippen molar-refractivity contribution in [2.45, 2.75) is 20.8 Å². The van der Waals surface area contributed by atoms with Crippen LogP contribution in [0.5, 0.6) is 0 Å². The normalized spacial score (nSPS) is 10.6. The zero-order valence-corrected chi connectivity index (χ0v) is 9.02. The second kappa shape index (κ2) is 3.34. The van der Waals surface area contributed by atoms with Crippen LogP contribution in [0.4, 0.5) is 5.69 Å².